The van der Waals surface area contributed by atoms with Gasteiger partial charge in [-0.25, -0.2) is 10.3 Å². The average Bonchev–Trinajstić information content (AvgIpc) is 3.28. The number of anilines is 1. The number of nitro groups is 1. The predicted octanol–water partition coefficient (Wildman–Crippen LogP) is 5.25. The monoisotopic (exact) mass is 634 g/mol. The van der Waals surface area contributed by atoms with Gasteiger partial charge >= 0.3 is 0 Å². The van der Waals surface area contributed by atoms with E-state index in [0.717, 1.165) is 26.7 Å². The van der Waals surface area contributed by atoms with E-state index in [0.29, 0.717) is 11.3 Å². The summed E-state index contributed by atoms with van der Waals surface area (Å²) >= 11 is 3.42. The molecular formula is C33H23BrN4O5. The topological polar surface area (TPSA) is 122 Å². The van der Waals surface area contributed by atoms with E-state index in [9.17, 15) is 24.5 Å². The van der Waals surface area contributed by atoms with E-state index >= 15 is 0 Å². The molecule has 3 aliphatic carbocycles. The van der Waals surface area contributed by atoms with E-state index in [4.69, 9.17) is 0 Å². The molecule has 4 aromatic carbocycles. The fraction of sp³-hybridized carbons (Fsp3) is 0.152. The van der Waals surface area contributed by atoms with Crippen LogP contribution in [0.3, 0.4) is 0 Å². The molecule has 2 bridgehead atoms. The maximum Gasteiger partial charge on any atom is 0.269 e. The summed E-state index contributed by atoms with van der Waals surface area (Å²) in [6, 6.07) is 28.5. The Balaban J connectivity index is 1.30. The number of imide groups is 1. The van der Waals surface area contributed by atoms with Gasteiger partial charge in [-0.2, -0.15) is 5.10 Å². The van der Waals surface area contributed by atoms with Crippen LogP contribution in [0.25, 0.3) is 0 Å². The van der Waals surface area contributed by atoms with Crippen LogP contribution in [0, 0.1) is 22.0 Å². The van der Waals surface area contributed by atoms with Crippen LogP contribution in [-0.4, -0.2) is 28.9 Å². The molecule has 1 heterocycles. The number of carbonyl (C=O) groups is 3. The van der Waals surface area contributed by atoms with Gasteiger partial charge in [0.25, 0.3) is 5.69 Å². The number of carbonyl (C=O) groups excluding carboxylic acids is 3. The van der Waals surface area contributed by atoms with Crippen molar-refractivity contribution in [2.75, 3.05) is 4.90 Å². The second-order valence-corrected chi connectivity index (χ2v) is 11.8. The van der Waals surface area contributed by atoms with Crippen LogP contribution in [-0.2, 0) is 26.2 Å². The minimum atomic E-state index is -1.11. The molecule has 0 unspecified atom stereocenters. The minimum Gasteiger partial charge on any atom is -0.274 e. The summed E-state index contributed by atoms with van der Waals surface area (Å²) in [6.45, 7) is 0. The quantitative estimate of drug-likeness (QED) is 0.134. The van der Waals surface area contributed by atoms with Crippen molar-refractivity contribution in [1.82, 2.24) is 5.43 Å². The lowest BCUT2D eigenvalue weighted by Gasteiger charge is -2.52. The lowest BCUT2D eigenvalue weighted by Crippen LogP contribution is -2.54. The second-order valence-electron chi connectivity index (χ2n) is 10.9. The number of nitrogens with zero attached hydrogens (tertiary/aromatic N) is 3. The first kappa shape index (κ1) is 26.9. The summed E-state index contributed by atoms with van der Waals surface area (Å²) < 4.78 is 0.834. The highest BCUT2D eigenvalue weighted by atomic mass is 79.9. The van der Waals surface area contributed by atoms with Gasteiger partial charge < -0.3 is 0 Å². The number of benzene rings is 4. The van der Waals surface area contributed by atoms with Crippen LogP contribution in [0.4, 0.5) is 11.4 Å². The molecule has 10 heteroatoms. The number of hydrogen-bond acceptors (Lipinski definition) is 6. The Morgan fingerprint density at radius 1 is 0.907 bits per heavy atom. The summed E-state index contributed by atoms with van der Waals surface area (Å²) in [6.07, 6.45) is 1.57. The van der Waals surface area contributed by atoms with Crippen LogP contribution >= 0.6 is 15.9 Å². The molecule has 8 rings (SSSR count). The summed E-state index contributed by atoms with van der Waals surface area (Å²) in [5, 5.41) is 15.4. The Labute approximate surface area is 254 Å². The smallest absolute Gasteiger partial charge is 0.269 e. The first-order chi connectivity index (χ1) is 20.8. The highest BCUT2D eigenvalue weighted by Gasteiger charge is 2.68. The van der Waals surface area contributed by atoms with E-state index in [1.165, 1.54) is 29.2 Å². The summed E-state index contributed by atoms with van der Waals surface area (Å²) in [5.41, 5.74) is 6.20. The normalized spacial score (nSPS) is 23.2. The molecule has 3 amide bonds. The third kappa shape index (κ3) is 4.04. The highest BCUT2D eigenvalue weighted by molar-refractivity contribution is 9.10. The fourth-order valence-electron chi connectivity index (χ4n) is 7.06. The van der Waals surface area contributed by atoms with Gasteiger partial charge in [-0.05, 0) is 52.1 Å². The van der Waals surface area contributed by atoms with Crippen molar-refractivity contribution in [2.45, 2.75) is 17.8 Å². The van der Waals surface area contributed by atoms with Crippen molar-refractivity contribution in [3.8, 4) is 0 Å². The number of hydrazone groups is 1. The van der Waals surface area contributed by atoms with Crippen molar-refractivity contribution in [2.24, 2.45) is 16.9 Å². The van der Waals surface area contributed by atoms with Crippen LogP contribution in [0.1, 0.15) is 33.7 Å². The summed E-state index contributed by atoms with van der Waals surface area (Å²) in [4.78, 5) is 53.2. The first-order valence-corrected chi connectivity index (χ1v) is 14.5. The molecule has 4 aliphatic rings. The maximum absolute atomic E-state index is 14.4. The van der Waals surface area contributed by atoms with E-state index in [1.807, 2.05) is 48.5 Å². The molecule has 1 N–H and O–H groups in total. The second kappa shape index (κ2) is 10.1. The van der Waals surface area contributed by atoms with Gasteiger partial charge in [0, 0.05) is 28.7 Å². The van der Waals surface area contributed by atoms with Gasteiger partial charge in [0.2, 0.25) is 17.7 Å². The van der Waals surface area contributed by atoms with Crippen LogP contribution in [0.15, 0.2) is 107 Å². The first-order valence-electron chi connectivity index (χ1n) is 13.7. The predicted molar refractivity (Wildman–Crippen MR) is 163 cm³/mol. The van der Waals surface area contributed by atoms with Crippen molar-refractivity contribution in [1.29, 1.82) is 0 Å². The molecule has 2 atom stereocenters. The van der Waals surface area contributed by atoms with E-state index in [-0.39, 0.29) is 29.8 Å². The van der Waals surface area contributed by atoms with Gasteiger partial charge in [-0.3, -0.25) is 24.5 Å². The third-order valence-corrected chi connectivity index (χ3v) is 9.27. The molecule has 0 spiro atoms. The largest absolute Gasteiger partial charge is 0.274 e. The number of amides is 3. The van der Waals surface area contributed by atoms with Crippen molar-refractivity contribution in [3.05, 3.63) is 139 Å². The zero-order valence-electron chi connectivity index (χ0n) is 22.5. The molecule has 9 nitrogen and oxygen atoms in total. The van der Waals surface area contributed by atoms with Gasteiger partial charge in [0.05, 0.1) is 34.3 Å². The summed E-state index contributed by atoms with van der Waals surface area (Å²) in [5.74, 6) is -2.71. The molecule has 0 saturated carbocycles. The Morgan fingerprint density at radius 2 is 1.51 bits per heavy atom. The maximum atomic E-state index is 14.4. The zero-order valence-corrected chi connectivity index (χ0v) is 24.1. The molecule has 4 aromatic rings. The highest BCUT2D eigenvalue weighted by Crippen LogP contribution is 2.63. The minimum absolute atomic E-state index is 0.0433. The fourth-order valence-corrected chi connectivity index (χ4v) is 7.33. The Bertz CT molecular complexity index is 1810. The van der Waals surface area contributed by atoms with Crippen molar-refractivity contribution in [3.63, 3.8) is 0 Å². The SMILES string of the molecule is O=C(Cc1ccc([N+](=O)[O-])cc1)N/N=C\C12c3ccccc3C(c3ccccc31)[C@H]1C(=O)N(c3ccc(Br)cc3)C(=O)[C@H]12. The molecule has 43 heavy (non-hydrogen) atoms. The number of nitro benzene ring substituents is 1. The average molecular weight is 635 g/mol. The number of halogens is 1. The lowest BCUT2D eigenvalue weighted by atomic mass is 9.47. The molecule has 1 fully saturated rings. The van der Waals surface area contributed by atoms with Crippen molar-refractivity contribution >= 4 is 51.2 Å². The van der Waals surface area contributed by atoms with Crippen LogP contribution in [0.2, 0.25) is 0 Å². The van der Waals surface area contributed by atoms with Gasteiger partial charge in [-0.1, -0.05) is 76.6 Å². The van der Waals surface area contributed by atoms with Gasteiger partial charge in [0.1, 0.15) is 0 Å². The Hall–Kier alpha value is -4.96. The molecule has 0 radical (unpaired) electrons. The number of hydrogen-bond donors (Lipinski definition) is 1. The number of rotatable bonds is 6. The molecule has 1 aliphatic heterocycles. The number of non-ortho nitro benzene ring substituents is 1. The molecule has 1 saturated heterocycles. The van der Waals surface area contributed by atoms with Crippen LogP contribution < -0.4 is 10.3 Å². The Morgan fingerprint density at radius 3 is 2.12 bits per heavy atom. The van der Waals surface area contributed by atoms with Gasteiger partial charge in [-0.15, -0.1) is 0 Å². The molecular weight excluding hydrogens is 612 g/mol. The van der Waals surface area contributed by atoms with Crippen molar-refractivity contribution < 1.29 is 19.3 Å². The standard InChI is InChI=1S/C33H23BrN4O5/c34-20-11-15-21(16-12-20)37-31(40)29-28-23-5-1-3-7-25(23)33(30(29)32(37)41,26-8-4-2-6-24(26)28)18-35-36-27(39)17-19-9-13-22(14-10-19)38(42)43/h1-16,18,28-30H,17H2,(H,36,39)/b35-18-/t28?,29-,30+,33?/m1/s1. The number of nitrogens with one attached hydrogen (secondary N) is 1. The van der Waals surface area contributed by atoms with Crippen LogP contribution in [0.5, 0.6) is 0 Å². The van der Waals surface area contributed by atoms with E-state index in [1.54, 1.807) is 30.5 Å². The van der Waals surface area contributed by atoms with Gasteiger partial charge in [0.15, 0.2) is 0 Å². The molecule has 212 valence electrons. The Kier molecular flexibility index (Phi) is 6.32. The zero-order chi connectivity index (χ0) is 29.9. The van der Waals surface area contributed by atoms with E-state index in [2.05, 4.69) is 26.5 Å². The summed E-state index contributed by atoms with van der Waals surface area (Å²) in [7, 11) is 0. The van der Waals surface area contributed by atoms with E-state index < -0.39 is 28.1 Å². The molecule has 0 aromatic heterocycles. The lowest BCUT2D eigenvalue weighted by molar-refractivity contribution is -0.384. The third-order valence-electron chi connectivity index (χ3n) is 8.74.